The second-order valence-electron chi connectivity index (χ2n) is 22.5. The number of carbonyl (C=O) groups excluding carboxylic acids is 2. The summed E-state index contributed by atoms with van der Waals surface area (Å²) in [5.74, 6) is -0.635. The summed E-state index contributed by atoms with van der Waals surface area (Å²) in [6.07, 6.45) is 74.4. The highest BCUT2D eigenvalue weighted by molar-refractivity contribution is 7.45. The number of unbranched alkanes of at least 4 members (excludes halogenated alkanes) is 29. The molecular weight excluding hydrogens is 976 g/mol. The van der Waals surface area contributed by atoms with Crippen LogP contribution >= 0.6 is 7.82 Å². The summed E-state index contributed by atoms with van der Waals surface area (Å²) in [6, 6.07) is -0.931. The lowest BCUT2D eigenvalue weighted by molar-refractivity contribution is -0.870. The fraction of sp³-hybridized carbons (Fsp3) is 0.761. The van der Waals surface area contributed by atoms with Gasteiger partial charge in [-0.1, -0.05) is 260 Å². The average Bonchev–Trinajstić information content (AvgIpc) is 3.39. The van der Waals surface area contributed by atoms with Gasteiger partial charge in [0, 0.05) is 12.8 Å². The zero-order valence-corrected chi connectivity index (χ0v) is 51.8. The molecule has 0 rings (SSSR count). The third kappa shape index (κ3) is 57.7. The van der Waals surface area contributed by atoms with Crippen LogP contribution in [0.5, 0.6) is 0 Å². The van der Waals surface area contributed by atoms with Gasteiger partial charge in [-0.2, -0.15) is 0 Å². The van der Waals surface area contributed by atoms with Crippen molar-refractivity contribution in [1.82, 2.24) is 5.32 Å². The molecule has 3 atom stereocenters. The number of ether oxygens (including phenoxy) is 1. The van der Waals surface area contributed by atoms with Crippen molar-refractivity contribution >= 4 is 19.7 Å². The predicted molar refractivity (Wildman–Crippen MR) is 330 cm³/mol. The van der Waals surface area contributed by atoms with Crippen molar-refractivity contribution in [2.75, 3.05) is 40.9 Å². The van der Waals surface area contributed by atoms with Gasteiger partial charge in [-0.25, -0.2) is 0 Å². The number of hydrogen-bond acceptors (Lipinski definition) is 7. The third-order valence-corrected chi connectivity index (χ3v) is 14.8. The Kier molecular flexibility index (Phi) is 54.4. The molecule has 1 amide bonds. The average molecular weight is 1100 g/mol. The molecule has 0 heterocycles. The number of amides is 1. The van der Waals surface area contributed by atoms with Crippen molar-refractivity contribution in [3.8, 4) is 0 Å². The minimum Gasteiger partial charge on any atom is -0.756 e. The van der Waals surface area contributed by atoms with Crippen LogP contribution in [-0.4, -0.2) is 69.4 Å². The van der Waals surface area contributed by atoms with Crippen LogP contribution in [0.3, 0.4) is 0 Å². The molecule has 0 saturated heterocycles. The quantitative estimate of drug-likeness (QED) is 0.0212. The van der Waals surface area contributed by atoms with E-state index < -0.39 is 26.6 Å². The van der Waals surface area contributed by atoms with Crippen molar-refractivity contribution in [3.63, 3.8) is 0 Å². The number of nitrogens with one attached hydrogen (secondary N) is 1. The molecule has 3 unspecified atom stereocenters. The first-order chi connectivity index (χ1) is 37.4. The zero-order valence-electron chi connectivity index (χ0n) is 50.9. The largest absolute Gasteiger partial charge is 0.756 e. The lowest BCUT2D eigenvalue weighted by Gasteiger charge is -2.30. The van der Waals surface area contributed by atoms with Crippen LogP contribution in [-0.2, 0) is 27.9 Å². The normalized spacial score (nSPS) is 14.2. The number of carbonyl (C=O) groups is 2. The van der Waals surface area contributed by atoms with E-state index in [2.05, 4.69) is 86.8 Å². The van der Waals surface area contributed by atoms with Crippen molar-refractivity contribution in [3.05, 3.63) is 85.1 Å². The Labute approximate surface area is 476 Å². The van der Waals surface area contributed by atoms with E-state index in [0.717, 1.165) is 70.6 Å². The Bertz CT molecular complexity index is 1590. The van der Waals surface area contributed by atoms with E-state index in [1.807, 2.05) is 45.4 Å². The fourth-order valence-corrected chi connectivity index (χ4v) is 9.64. The van der Waals surface area contributed by atoms with Crippen molar-refractivity contribution in [1.29, 1.82) is 0 Å². The molecule has 0 aromatic heterocycles. The molecule has 0 aliphatic heterocycles. The molecular formula is C67H121N2O7P. The lowest BCUT2D eigenvalue weighted by atomic mass is 10.0. The number of hydrogen-bond donors (Lipinski definition) is 1. The minimum absolute atomic E-state index is 0.0380. The van der Waals surface area contributed by atoms with Gasteiger partial charge >= 0.3 is 5.97 Å². The van der Waals surface area contributed by atoms with E-state index >= 15 is 0 Å². The van der Waals surface area contributed by atoms with Gasteiger partial charge in [-0.15, -0.1) is 0 Å². The summed E-state index contributed by atoms with van der Waals surface area (Å²) in [7, 11) is 1.14. The topological polar surface area (TPSA) is 114 Å². The Hall–Kier alpha value is -2.81. The van der Waals surface area contributed by atoms with E-state index in [1.165, 1.54) is 167 Å². The number of nitrogens with zero attached hydrogens (tertiary/aromatic N) is 1. The van der Waals surface area contributed by atoms with Crippen LogP contribution in [0.25, 0.3) is 0 Å². The van der Waals surface area contributed by atoms with Crippen molar-refractivity contribution < 1.29 is 37.3 Å². The van der Waals surface area contributed by atoms with Crippen molar-refractivity contribution in [2.24, 2.45) is 0 Å². The van der Waals surface area contributed by atoms with Gasteiger partial charge in [0.15, 0.2) is 0 Å². The van der Waals surface area contributed by atoms with Crippen LogP contribution < -0.4 is 10.2 Å². The number of likely N-dealkylation sites (N-methyl/N-ethyl adjacent to an activating group) is 1. The first kappa shape index (κ1) is 74.2. The maximum atomic E-state index is 13.5. The van der Waals surface area contributed by atoms with Gasteiger partial charge in [-0.05, 0) is 89.5 Å². The van der Waals surface area contributed by atoms with Gasteiger partial charge in [0.2, 0.25) is 5.91 Å². The molecule has 0 saturated carbocycles. The summed E-state index contributed by atoms with van der Waals surface area (Å²) in [4.78, 5) is 40.0. The molecule has 77 heavy (non-hydrogen) atoms. The first-order valence-corrected chi connectivity index (χ1v) is 33.4. The number of rotatable bonds is 57. The second-order valence-corrected chi connectivity index (χ2v) is 23.9. The van der Waals surface area contributed by atoms with E-state index in [1.54, 1.807) is 0 Å². The second kappa shape index (κ2) is 56.5. The van der Waals surface area contributed by atoms with Gasteiger partial charge < -0.3 is 28.5 Å². The fourth-order valence-electron chi connectivity index (χ4n) is 8.92. The number of phosphoric ester groups is 1. The van der Waals surface area contributed by atoms with Gasteiger partial charge in [0.05, 0.1) is 33.8 Å². The van der Waals surface area contributed by atoms with E-state index in [0.29, 0.717) is 17.4 Å². The van der Waals surface area contributed by atoms with Crippen LogP contribution in [0.15, 0.2) is 85.1 Å². The number of quaternary nitrogens is 1. The lowest BCUT2D eigenvalue weighted by Crippen LogP contribution is -2.47. The van der Waals surface area contributed by atoms with Gasteiger partial charge in [0.1, 0.15) is 19.3 Å². The van der Waals surface area contributed by atoms with Crippen LogP contribution in [0.4, 0.5) is 0 Å². The Morgan fingerprint density at radius 3 is 1.27 bits per heavy atom. The van der Waals surface area contributed by atoms with E-state index in [9.17, 15) is 19.0 Å². The molecule has 0 radical (unpaired) electrons. The summed E-state index contributed by atoms with van der Waals surface area (Å²) in [5.41, 5.74) is 0. The van der Waals surface area contributed by atoms with E-state index in [-0.39, 0.29) is 31.3 Å². The zero-order chi connectivity index (χ0) is 56.4. The summed E-state index contributed by atoms with van der Waals surface area (Å²) >= 11 is 0. The van der Waals surface area contributed by atoms with Gasteiger partial charge in [-0.3, -0.25) is 14.2 Å². The smallest absolute Gasteiger partial charge is 0.306 e. The monoisotopic (exact) mass is 1100 g/mol. The summed E-state index contributed by atoms with van der Waals surface area (Å²) in [6.45, 7) is 6.67. The number of allylic oxidation sites excluding steroid dienone is 13. The molecule has 0 aliphatic carbocycles. The molecule has 0 aromatic carbocycles. The third-order valence-electron chi connectivity index (χ3n) is 13.8. The summed E-state index contributed by atoms with van der Waals surface area (Å²) < 4.78 is 30.3. The highest BCUT2D eigenvalue weighted by Crippen LogP contribution is 2.38. The first-order valence-electron chi connectivity index (χ1n) is 31.9. The molecule has 0 bridgehead atoms. The molecule has 9 nitrogen and oxygen atoms in total. The van der Waals surface area contributed by atoms with Gasteiger partial charge in [0.25, 0.3) is 7.82 Å². The molecule has 0 aliphatic rings. The maximum absolute atomic E-state index is 13.5. The minimum atomic E-state index is -4.72. The standard InChI is InChI=1S/C67H121N2O7P/c1-7-10-13-16-19-22-25-28-30-32-33-34-35-36-37-38-40-42-45-48-51-54-57-60-67(71)76-65(58-55-52-49-46-43-27-24-21-18-15-12-9-3)64(63-75-77(72,73)74-62-61-69(4,5)6)68-66(70)59-56-53-50-47-44-41-39-31-29-26-23-20-17-14-11-8-2/h11,14,20,23,28-31,41,44,50,53,55,58,64-65H,7-10,12-13,15-19,21-22,24-27,32-40,42-43,45-49,51-52,54,56-57,59-63H2,1-6H3,(H-,68,70,72,73)/b14-11+,23-20+,30-28+,31-29+,44-41+,53-50+,58-55-. The Morgan fingerprint density at radius 1 is 0.468 bits per heavy atom. The molecule has 0 spiro atoms. The Morgan fingerprint density at radius 2 is 0.844 bits per heavy atom. The van der Waals surface area contributed by atoms with Crippen molar-refractivity contribution in [2.45, 2.75) is 290 Å². The van der Waals surface area contributed by atoms with Crippen LogP contribution in [0, 0.1) is 0 Å². The molecule has 0 fully saturated rings. The number of phosphoric acid groups is 1. The van der Waals surface area contributed by atoms with E-state index in [4.69, 9.17) is 13.8 Å². The maximum Gasteiger partial charge on any atom is 0.306 e. The highest BCUT2D eigenvalue weighted by atomic mass is 31.2. The van der Waals surface area contributed by atoms with Crippen LogP contribution in [0.2, 0.25) is 0 Å². The molecule has 1 N–H and O–H groups in total. The summed E-state index contributed by atoms with van der Waals surface area (Å²) in [5, 5.41) is 2.98. The molecule has 446 valence electrons. The SMILES string of the molecule is CC/C=C/C/C=C/C/C=C/C/C=C/C/C=C/CCC(=O)NC(COP(=O)([O-])OCC[N+](C)(C)C)C(/C=C\CCCCCCCCCCCC)OC(=O)CCCCCCCCCCCCCCC/C=C/CCCCCCCC. The Balaban J connectivity index is 5.24. The van der Waals surface area contributed by atoms with Crippen LogP contribution in [0.1, 0.15) is 278 Å². The molecule has 10 heteroatoms. The number of esters is 1. The molecule has 0 aromatic rings. The highest BCUT2D eigenvalue weighted by Gasteiger charge is 2.27. The predicted octanol–water partition coefficient (Wildman–Crippen LogP) is 19.1.